The van der Waals surface area contributed by atoms with Crippen LogP contribution in [0.1, 0.15) is 18.1 Å². The number of nitrogens with one attached hydrogen (secondary N) is 2. The summed E-state index contributed by atoms with van der Waals surface area (Å²) in [7, 11) is 0. The first-order valence-electron chi connectivity index (χ1n) is 10.3. The number of aromatic nitrogens is 2. The third kappa shape index (κ3) is 4.83. The standard InChI is InChI=1S/C24H20F4IN3O/c1-13-19(10-16(11-20(13)25)23(33)30-9-8-29)15-4-7-18-21(12-15)31-32-22(18)14-2-5-17(6-3-14)24(26,27)28/h2-7,10-13,20H,8-9H2,1H3,(H,30,33)(H,31,32). The van der Waals surface area contributed by atoms with Gasteiger partial charge >= 0.3 is 6.18 Å². The van der Waals surface area contributed by atoms with Crippen LogP contribution in [-0.2, 0) is 11.0 Å². The van der Waals surface area contributed by atoms with Crippen molar-refractivity contribution in [2.75, 3.05) is 11.0 Å². The summed E-state index contributed by atoms with van der Waals surface area (Å²) in [6, 6.07) is 10.3. The number of halogens is 5. The fourth-order valence-corrected chi connectivity index (χ4v) is 4.09. The molecule has 33 heavy (non-hydrogen) atoms. The highest BCUT2D eigenvalue weighted by Crippen LogP contribution is 2.37. The van der Waals surface area contributed by atoms with Gasteiger partial charge in [0, 0.05) is 33.4 Å². The van der Waals surface area contributed by atoms with Crippen molar-refractivity contribution in [3.63, 3.8) is 0 Å². The SMILES string of the molecule is CC1C(c2ccc3c(-c4ccc(C(F)(F)F)cc4)n[nH]c3c2)=CC(C(=O)NCCI)=CC1F. The number of hydrogen-bond donors (Lipinski definition) is 2. The van der Waals surface area contributed by atoms with Crippen LogP contribution in [0.25, 0.3) is 27.7 Å². The summed E-state index contributed by atoms with van der Waals surface area (Å²) in [6.45, 7) is 2.26. The second-order valence-electron chi connectivity index (χ2n) is 7.81. The molecule has 0 spiro atoms. The van der Waals surface area contributed by atoms with Gasteiger partial charge in [0.25, 0.3) is 5.91 Å². The van der Waals surface area contributed by atoms with Crippen LogP contribution in [0.2, 0.25) is 0 Å². The second-order valence-corrected chi connectivity index (χ2v) is 8.89. The van der Waals surface area contributed by atoms with E-state index in [1.165, 1.54) is 18.2 Å². The molecule has 2 aromatic carbocycles. The molecule has 1 aliphatic carbocycles. The highest BCUT2D eigenvalue weighted by Gasteiger charge is 2.30. The maximum Gasteiger partial charge on any atom is 0.416 e. The third-order valence-electron chi connectivity index (χ3n) is 5.64. The van der Waals surface area contributed by atoms with Gasteiger partial charge in [0.15, 0.2) is 0 Å². The highest BCUT2D eigenvalue weighted by atomic mass is 127. The number of hydrogen-bond acceptors (Lipinski definition) is 2. The quantitative estimate of drug-likeness (QED) is 0.222. The summed E-state index contributed by atoms with van der Waals surface area (Å²) in [5.74, 6) is -0.758. The number of carbonyl (C=O) groups excluding carboxylic acids is 1. The molecule has 9 heteroatoms. The Bertz CT molecular complexity index is 1240. The van der Waals surface area contributed by atoms with Crippen LogP contribution in [0.5, 0.6) is 0 Å². The maximum atomic E-state index is 14.7. The molecule has 0 saturated carbocycles. The van der Waals surface area contributed by atoms with E-state index in [1.807, 2.05) is 12.1 Å². The Morgan fingerprint density at radius 1 is 1.15 bits per heavy atom. The summed E-state index contributed by atoms with van der Waals surface area (Å²) in [4.78, 5) is 12.4. The predicted octanol–water partition coefficient (Wildman–Crippen LogP) is 6.10. The number of allylic oxidation sites excluding steroid dienone is 2. The molecule has 1 heterocycles. The first-order chi connectivity index (χ1) is 15.7. The minimum absolute atomic E-state index is 0.288. The van der Waals surface area contributed by atoms with E-state index in [0.29, 0.717) is 28.9 Å². The van der Waals surface area contributed by atoms with Crippen LogP contribution >= 0.6 is 22.6 Å². The van der Waals surface area contributed by atoms with Crippen molar-refractivity contribution in [2.24, 2.45) is 5.92 Å². The van der Waals surface area contributed by atoms with Crippen LogP contribution in [0.15, 0.2) is 60.2 Å². The smallest absolute Gasteiger partial charge is 0.351 e. The van der Waals surface area contributed by atoms with E-state index in [4.69, 9.17) is 0 Å². The van der Waals surface area contributed by atoms with Crippen LogP contribution in [0.4, 0.5) is 17.6 Å². The van der Waals surface area contributed by atoms with Crippen molar-refractivity contribution in [1.29, 1.82) is 0 Å². The van der Waals surface area contributed by atoms with Gasteiger partial charge in [0.1, 0.15) is 6.17 Å². The molecule has 1 aliphatic rings. The van der Waals surface area contributed by atoms with Gasteiger partial charge < -0.3 is 5.32 Å². The lowest BCUT2D eigenvalue weighted by Gasteiger charge is -2.24. The van der Waals surface area contributed by atoms with E-state index >= 15 is 0 Å². The molecular weight excluding hydrogens is 549 g/mol. The summed E-state index contributed by atoms with van der Waals surface area (Å²) >= 11 is 2.15. The Morgan fingerprint density at radius 2 is 1.85 bits per heavy atom. The van der Waals surface area contributed by atoms with E-state index in [9.17, 15) is 22.4 Å². The average Bonchev–Trinajstić information content (AvgIpc) is 3.22. The van der Waals surface area contributed by atoms with Crippen molar-refractivity contribution in [3.8, 4) is 11.3 Å². The zero-order valence-corrected chi connectivity index (χ0v) is 19.7. The number of nitrogens with zero attached hydrogens (tertiary/aromatic N) is 1. The minimum atomic E-state index is -4.40. The molecule has 0 radical (unpaired) electrons. The topological polar surface area (TPSA) is 57.8 Å². The fourth-order valence-electron chi connectivity index (χ4n) is 3.82. The van der Waals surface area contributed by atoms with Gasteiger partial charge in [-0.3, -0.25) is 9.89 Å². The van der Waals surface area contributed by atoms with Gasteiger partial charge in [0.2, 0.25) is 0 Å². The van der Waals surface area contributed by atoms with Crippen LogP contribution < -0.4 is 5.32 Å². The summed E-state index contributed by atoms with van der Waals surface area (Å²) in [6.07, 6.45) is -2.66. The highest BCUT2D eigenvalue weighted by molar-refractivity contribution is 14.1. The monoisotopic (exact) mass is 569 g/mol. The minimum Gasteiger partial charge on any atom is -0.351 e. The van der Waals surface area contributed by atoms with Gasteiger partial charge in [-0.15, -0.1) is 0 Å². The maximum absolute atomic E-state index is 14.7. The number of H-pyrrole nitrogens is 1. The van der Waals surface area contributed by atoms with Crippen molar-refractivity contribution in [3.05, 3.63) is 71.3 Å². The normalized spacial score (nSPS) is 18.7. The van der Waals surface area contributed by atoms with E-state index in [0.717, 1.165) is 27.5 Å². The number of carbonyl (C=O) groups is 1. The molecule has 0 aliphatic heterocycles. The summed E-state index contributed by atoms with van der Waals surface area (Å²) < 4.78 is 54.0. The molecule has 0 fully saturated rings. The van der Waals surface area contributed by atoms with Gasteiger partial charge in [-0.2, -0.15) is 18.3 Å². The van der Waals surface area contributed by atoms with Crippen molar-refractivity contribution < 1.29 is 22.4 Å². The lowest BCUT2D eigenvalue weighted by Crippen LogP contribution is -2.29. The molecule has 3 aromatic rings. The van der Waals surface area contributed by atoms with Crippen LogP contribution in [0.3, 0.4) is 0 Å². The van der Waals surface area contributed by atoms with E-state index in [1.54, 1.807) is 19.1 Å². The number of amides is 1. The fraction of sp³-hybridized carbons (Fsp3) is 0.250. The lowest BCUT2D eigenvalue weighted by molar-refractivity contribution is -0.137. The number of fused-ring (bicyclic) bond motifs is 1. The van der Waals surface area contributed by atoms with Crippen LogP contribution in [0, 0.1) is 5.92 Å². The Labute approximate surface area is 201 Å². The average molecular weight is 569 g/mol. The van der Waals surface area contributed by atoms with Crippen molar-refractivity contribution >= 4 is 45.0 Å². The molecular formula is C24H20F4IN3O. The molecule has 1 aromatic heterocycles. The number of rotatable bonds is 5. The Hall–Kier alpha value is -2.69. The van der Waals surface area contributed by atoms with Crippen LogP contribution in [-0.4, -0.2) is 33.2 Å². The van der Waals surface area contributed by atoms with E-state index in [-0.39, 0.29) is 11.5 Å². The Morgan fingerprint density at radius 3 is 2.52 bits per heavy atom. The number of aromatic amines is 1. The molecule has 0 saturated heterocycles. The van der Waals surface area contributed by atoms with Gasteiger partial charge in [-0.1, -0.05) is 47.7 Å². The number of benzene rings is 2. The van der Waals surface area contributed by atoms with E-state index < -0.39 is 23.8 Å². The van der Waals surface area contributed by atoms with E-state index in [2.05, 4.69) is 38.1 Å². The van der Waals surface area contributed by atoms with Crippen molar-refractivity contribution in [1.82, 2.24) is 15.5 Å². The zero-order chi connectivity index (χ0) is 23.8. The third-order valence-corrected chi connectivity index (χ3v) is 6.18. The Kier molecular flexibility index (Phi) is 6.60. The Balaban J connectivity index is 1.67. The zero-order valence-electron chi connectivity index (χ0n) is 17.5. The predicted molar refractivity (Wildman–Crippen MR) is 129 cm³/mol. The molecule has 2 N–H and O–H groups in total. The summed E-state index contributed by atoms with van der Waals surface area (Å²) in [5.41, 5.74) is 2.74. The molecule has 1 amide bonds. The molecule has 4 rings (SSSR count). The van der Waals surface area contributed by atoms with Gasteiger partial charge in [0.05, 0.1) is 16.8 Å². The molecule has 0 bridgehead atoms. The largest absolute Gasteiger partial charge is 0.416 e. The lowest BCUT2D eigenvalue weighted by atomic mass is 9.84. The molecule has 2 unspecified atom stereocenters. The molecule has 2 atom stereocenters. The van der Waals surface area contributed by atoms with Gasteiger partial charge in [-0.05, 0) is 47.6 Å². The van der Waals surface area contributed by atoms with Crippen molar-refractivity contribution in [2.45, 2.75) is 19.3 Å². The van der Waals surface area contributed by atoms with Gasteiger partial charge in [-0.25, -0.2) is 4.39 Å². The number of alkyl halides is 5. The summed E-state index contributed by atoms with van der Waals surface area (Å²) in [5, 5.41) is 10.7. The molecule has 4 nitrogen and oxygen atoms in total. The second kappa shape index (κ2) is 9.28. The molecule has 172 valence electrons. The first kappa shape index (κ1) is 23.5. The first-order valence-corrected chi connectivity index (χ1v) is 11.8.